The van der Waals surface area contributed by atoms with Crippen LogP contribution in [0, 0.1) is 0 Å². The van der Waals surface area contributed by atoms with Crippen LogP contribution >= 0.6 is 0 Å². The predicted octanol–water partition coefficient (Wildman–Crippen LogP) is 3.18. The van der Waals surface area contributed by atoms with Crippen LogP contribution in [-0.2, 0) is 0 Å². The van der Waals surface area contributed by atoms with Crippen LogP contribution in [0.15, 0.2) is 64.3 Å². The first kappa shape index (κ1) is 25.1. The van der Waals surface area contributed by atoms with Gasteiger partial charge in [-0.1, -0.05) is 23.4 Å². The highest BCUT2D eigenvalue weighted by Crippen LogP contribution is 2.28. The number of nitrogens with one attached hydrogen (secondary N) is 1. The van der Waals surface area contributed by atoms with Gasteiger partial charge in [0.15, 0.2) is 5.69 Å². The second kappa shape index (κ2) is 11.2. The Bertz CT molecular complexity index is 1420. The SMILES string of the molecule is CCOc1ccc(-c2c(C(=O)N/N=C(C)/C=C/c3ccc(N(C)C)cc3)nnn2-c2nonc2N)cc1. The molecule has 3 N–H and O–H groups in total. The minimum Gasteiger partial charge on any atom is -0.494 e. The third-order valence-electron chi connectivity index (χ3n) is 5.28. The number of nitrogens with two attached hydrogens (primary N) is 1. The minimum absolute atomic E-state index is 0.00154. The molecule has 12 nitrogen and oxygen atoms in total. The van der Waals surface area contributed by atoms with Gasteiger partial charge < -0.3 is 15.4 Å². The van der Waals surface area contributed by atoms with E-state index in [0.717, 1.165) is 11.3 Å². The number of carbonyl (C=O) groups is 1. The Hall–Kier alpha value is -5.00. The molecule has 2 aromatic carbocycles. The average Bonchev–Trinajstić information content (AvgIpc) is 3.53. The number of nitrogen functional groups attached to an aromatic ring is 1. The number of benzene rings is 2. The lowest BCUT2D eigenvalue weighted by molar-refractivity contribution is 0.0950. The molecule has 0 fully saturated rings. The Morgan fingerprint density at radius 3 is 2.51 bits per heavy atom. The van der Waals surface area contributed by atoms with E-state index in [-0.39, 0.29) is 17.3 Å². The summed E-state index contributed by atoms with van der Waals surface area (Å²) in [5, 5.41) is 19.7. The Balaban J connectivity index is 1.57. The van der Waals surface area contributed by atoms with E-state index >= 15 is 0 Å². The third kappa shape index (κ3) is 5.81. The van der Waals surface area contributed by atoms with Crippen molar-refractivity contribution in [3.05, 3.63) is 65.9 Å². The zero-order chi connectivity index (χ0) is 26.4. The van der Waals surface area contributed by atoms with Crippen molar-refractivity contribution in [1.29, 1.82) is 0 Å². The van der Waals surface area contributed by atoms with Crippen molar-refractivity contribution >= 4 is 29.2 Å². The monoisotopic (exact) mass is 501 g/mol. The van der Waals surface area contributed by atoms with Gasteiger partial charge in [-0.2, -0.15) is 9.78 Å². The molecule has 190 valence electrons. The molecule has 0 atom stereocenters. The maximum absolute atomic E-state index is 13.1. The first-order valence-corrected chi connectivity index (χ1v) is 11.4. The number of allylic oxidation sites excluding steroid dienone is 1. The molecule has 1 amide bonds. The normalized spacial score (nSPS) is 11.6. The van der Waals surface area contributed by atoms with E-state index in [4.69, 9.17) is 15.1 Å². The lowest BCUT2D eigenvalue weighted by atomic mass is 10.1. The van der Waals surface area contributed by atoms with Crippen molar-refractivity contribution in [2.45, 2.75) is 13.8 Å². The summed E-state index contributed by atoms with van der Waals surface area (Å²) in [6.07, 6.45) is 3.71. The summed E-state index contributed by atoms with van der Waals surface area (Å²) in [7, 11) is 3.98. The summed E-state index contributed by atoms with van der Waals surface area (Å²) in [5.74, 6) is 0.232. The minimum atomic E-state index is -0.562. The lowest BCUT2D eigenvalue weighted by Crippen LogP contribution is -2.20. The van der Waals surface area contributed by atoms with Gasteiger partial charge in [-0.25, -0.2) is 10.1 Å². The number of nitrogens with zero attached hydrogens (tertiary/aromatic N) is 7. The molecule has 4 rings (SSSR count). The van der Waals surface area contributed by atoms with Crippen LogP contribution in [0.25, 0.3) is 23.2 Å². The molecule has 2 heterocycles. The maximum Gasteiger partial charge on any atom is 0.294 e. The van der Waals surface area contributed by atoms with Crippen molar-refractivity contribution in [2.75, 3.05) is 31.3 Å². The van der Waals surface area contributed by atoms with Gasteiger partial charge in [0.2, 0.25) is 11.6 Å². The van der Waals surface area contributed by atoms with Crippen LogP contribution in [0.4, 0.5) is 11.5 Å². The summed E-state index contributed by atoms with van der Waals surface area (Å²) in [6.45, 7) is 4.20. The zero-order valence-electron chi connectivity index (χ0n) is 20.9. The van der Waals surface area contributed by atoms with Gasteiger partial charge in [0.1, 0.15) is 11.4 Å². The molecule has 0 saturated heterocycles. The van der Waals surface area contributed by atoms with Crippen molar-refractivity contribution in [2.24, 2.45) is 5.10 Å². The van der Waals surface area contributed by atoms with Crippen LogP contribution in [-0.4, -0.2) is 57.6 Å². The highest BCUT2D eigenvalue weighted by atomic mass is 16.6. The van der Waals surface area contributed by atoms with Gasteiger partial charge in [-0.3, -0.25) is 4.79 Å². The van der Waals surface area contributed by atoms with E-state index in [2.05, 4.69) is 31.2 Å². The first-order valence-electron chi connectivity index (χ1n) is 11.4. The molecule has 0 unspecified atom stereocenters. The number of hydrogen-bond acceptors (Lipinski definition) is 10. The van der Waals surface area contributed by atoms with Gasteiger partial charge in [0.05, 0.1) is 12.3 Å². The number of aromatic nitrogens is 5. The lowest BCUT2D eigenvalue weighted by Gasteiger charge is -2.11. The van der Waals surface area contributed by atoms with Gasteiger partial charge in [0, 0.05) is 25.3 Å². The fourth-order valence-corrected chi connectivity index (χ4v) is 3.39. The molecule has 12 heteroatoms. The standard InChI is InChI=1S/C25H27N9O3/c1-5-36-20-14-10-18(11-15-20)22-21(28-32-34(22)24-23(26)30-37-31-24)25(35)29-27-16(2)6-7-17-8-12-19(13-9-17)33(3)4/h6-15H,5H2,1-4H3,(H2,26,30)(H,29,35)/b7-6+,27-16+. The van der Waals surface area contributed by atoms with Crippen molar-refractivity contribution in [3.63, 3.8) is 0 Å². The van der Waals surface area contributed by atoms with E-state index in [1.165, 1.54) is 4.68 Å². The summed E-state index contributed by atoms with van der Waals surface area (Å²) in [4.78, 5) is 15.1. The number of rotatable bonds is 9. The van der Waals surface area contributed by atoms with Gasteiger partial charge >= 0.3 is 0 Å². The number of anilines is 2. The quantitative estimate of drug-likeness (QED) is 0.260. The van der Waals surface area contributed by atoms with Gasteiger partial charge in [0.25, 0.3) is 5.91 Å². The van der Waals surface area contributed by atoms with Crippen molar-refractivity contribution < 1.29 is 14.2 Å². The molecular formula is C25H27N9O3. The van der Waals surface area contributed by atoms with E-state index in [9.17, 15) is 4.79 Å². The largest absolute Gasteiger partial charge is 0.494 e. The van der Waals surface area contributed by atoms with Crippen molar-refractivity contribution in [1.82, 2.24) is 30.7 Å². The Morgan fingerprint density at radius 1 is 1.16 bits per heavy atom. The number of amides is 1. The summed E-state index contributed by atoms with van der Waals surface area (Å²) in [6, 6.07) is 15.2. The van der Waals surface area contributed by atoms with E-state index in [1.807, 2.05) is 56.3 Å². The number of ether oxygens (including phenoxy) is 1. The van der Waals surface area contributed by atoms with Crippen LogP contribution in [0.1, 0.15) is 29.9 Å². The fourth-order valence-electron chi connectivity index (χ4n) is 3.39. The Morgan fingerprint density at radius 2 is 1.89 bits per heavy atom. The summed E-state index contributed by atoms with van der Waals surface area (Å²) in [5.41, 5.74) is 12.1. The molecule has 37 heavy (non-hydrogen) atoms. The van der Waals surface area contributed by atoms with E-state index in [0.29, 0.717) is 29.3 Å². The number of hydrogen-bond donors (Lipinski definition) is 2. The number of carbonyl (C=O) groups excluding carboxylic acids is 1. The molecule has 0 aliphatic rings. The molecule has 0 radical (unpaired) electrons. The molecule has 0 bridgehead atoms. The molecule has 0 spiro atoms. The molecule has 4 aromatic rings. The highest BCUT2D eigenvalue weighted by Gasteiger charge is 2.25. The molecule has 0 aliphatic carbocycles. The Kier molecular flexibility index (Phi) is 7.57. The van der Waals surface area contributed by atoms with Crippen LogP contribution < -0.4 is 20.8 Å². The Labute approximate surface area is 213 Å². The fraction of sp³-hybridized carbons (Fsp3) is 0.200. The van der Waals surface area contributed by atoms with Crippen LogP contribution in [0.5, 0.6) is 5.75 Å². The first-order chi connectivity index (χ1) is 17.9. The van der Waals surface area contributed by atoms with Crippen molar-refractivity contribution in [3.8, 4) is 22.8 Å². The van der Waals surface area contributed by atoms with E-state index < -0.39 is 5.91 Å². The van der Waals surface area contributed by atoms with Crippen LogP contribution in [0.3, 0.4) is 0 Å². The second-order valence-corrected chi connectivity index (χ2v) is 8.14. The predicted molar refractivity (Wildman–Crippen MR) is 141 cm³/mol. The smallest absolute Gasteiger partial charge is 0.294 e. The summed E-state index contributed by atoms with van der Waals surface area (Å²) < 4.78 is 11.5. The maximum atomic E-state index is 13.1. The van der Waals surface area contributed by atoms with Crippen LogP contribution in [0.2, 0.25) is 0 Å². The average molecular weight is 502 g/mol. The number of hydrazone groups is 1. The molecule has 0 saturated carbocycles. The van der Waals surface area contributed by atoms with Gasteiger partial charge in [-0.15, -0.1) is 5.10 Å². The van der Waals surface area contributed by atoms with E-state index in [1.54, 1.807) is 37.3 Å². The third-order valence-corrected chi connectivity index (χ3v) is 5.28. The second-order valence-electron chi connectivity index (χ2n) is 8.14. The zero-order valence-corrected chi connectivity index (χ0v) is 20.9. The molecular weight excluding hydrogens is 474 g/mol. The summed E-state index contributed by atoms with van der Waals surface area (Å²) >= 11 is 0. The topological polar surface area (TPSA) is 150 Å². The molecule has 2 aromatic heterocycles. The van der Waals surface area contributed by atoms with Gasteiger partial charge in [-0.05, 0) is 72.2 Å². The molecule has 0 aliphatic heterocycles. The highest BCUT2D eigenvalue weighted by molar-refractivity contribution is 6.01.